The quantitative estimate of drug-likeness (QED) is 0.222. The van der Waals surface area contributed by atoms with Gasteiger partial charge in [0.05, 0.1) is 18.8 Å². The van der Waals surface area contributed by atoms with Crippen molar-refractivity contribution in [1.29, 1.82) is 21.0 Å². The third kappa shape index (κ3) is 5.89. The van der Waals surface area contributed by atoms with Crippen LogP contribution in [-0.2, 0) is 24.3 Å². The van der Waals surface area contributed by atoms with Crippen LogP contribution in [0.2, 0.25) is 0 Å². The van der Waals surface area contributed by atoms with Gasteiger partial charge < -0.3 is 9.47 Å². The molecule has 12 nitrogen and oxygen atoms in total. The maximum atomic E-state index is 13.5. The smallest absolute Gasteiger partial charge is 0.269 e. The fourth-order valence-electron chi connectivity index (χ4n) is 8.89. The molecule has 9 rings (SSSR count). The van der Waals surface area contributed by atoms with Crippen LogP contribution in [-0.4, -0.2) is 19.1 Å². The SMILES string of the molecule is CCn1c(=C(C#N)C#N)s/c(=C/c2nc3c(s2)-c2cc4c(cc2C2(CCCCC2)O3)-c2sc(/C=c3/sc(=C(C#N)C#N)n(CC)c3=O)nc2OC42CCCCC2)c1=O. The average Bonchev–Trinajstić information content (AvgIpc) is 3.99. The van der Waals surface area contributed by atoms with Gasteiger partial charge in [-0.2, -0.15) is 21.0 Å². The Hall–Kier alpha value is -5.62. The first-order valence-electron chi connectivity index (χ1n) is 19.3. The van der Waals surface area contributed by atoms with Gasteiger partial charge in [0.15, 0.2) is 11.1 Å². The summed E-state index contributed by atoms with van der Waals surface area (Å²) in [4.78, 5) is 38.7. The second-order valence-electron chi connectivity index (χ2n) is 14.8. The van der Waals surface area contributed by atoms with Crippen LogP contribution >= 0.6 is 45.3 Å². The highest BCUT2D eigenvalue weighted by atomic mass is 32.1. The Labute approximate surface area is 348 Å². The number of fused-ring (bicyclic) bond motifs is 8. The normalized spacial score (nSPS) is 17.4. The molecule has 0 saturated heterocycles. The monoisotopic (exact) mass is 842 g/mol. The molecule has 0 bridgehead atoms. The summed E-state index contributed by atoms with van der Waals surface area (Å²) in [7, 11) is 0. The molecule has 0 N–H and O–H groups in total. The Kier molecular flexibility index (Phi) is 9.57. The third-order valence-electron chi connectivity index (χ3n) is 11.6. The highest BCUT2D eigenvalue weighted by Crippen LogP contribution is 2.59. The van der Waals surface area contributed by atoms with E-state index in [0.717, 1.165) is 119 Å². The van der Waals surface area contributed by atoms with Crippen LogP contribution < -0.4 is 39.0 Å². The van der Waals surface area contributed by atoms with Crippen molar-refractivity contribution in [3.63, 3.8) is 0 Å². The molecule has 6 heterocycles. The highest BCUT2D eigenvalue weighted by Gasteiger charge is 2.48. The van der Waals surface area contributed by atoms with Gasteiger partial charge in [0.2, 0.25) is 11.8 Å². The van der Waals surface area contributed by atoms with Crippen molar-refractivity contribution in [2.75, 3.05) is 0 Å². The van der Waals surface area contributed by atoms with Crippen molar-refractivity contribution < 1.29 is 9.47 Å². The summed E-state index contributed by atoms with van der Waals surface area (Å²) in [5, 5.41) is 39.5. The first-order valence-corrected chi connectivity index (χ1v) is 22.6. The zero-order valence-corrected chi connectivity index (χ0v) is 34.9. The topological polar surface area (TPSA) is 183 Å². The minimum atomic E-state index is -0.596. The summed E-state index contributed by atoms with van der Waals surface area (Å²) in [5.74, 6) is 1.09. The van der Waals surface area contributed by atoms with Gasteiger partial charge >= 0.3 is 0 Å². The van der Waals surface area contributed by atoms with Gasteiger partial charge in [-0.15, -0.1) is 45.3 Å². The number of nitriles is 4. The zero-order valence-electron chi connectivity index (χ0n) is 31.6. The van der Waals surface area contributed by atoms with Crippen LogP contribution in [0.5, 0.6) is 11.8 Å². The number of hydrogen-bond acceptors (Lipinski definition) is 14. The summed E-state index contributed by atoms with van der Waals surface area (Å²) < 4.78 is 18.4. The van der Waals surface area contributed by atoms with Crippen molar-refractivity contribution in [2.24, 2.45) is 0 Å². The number of hydrogen-bond donors (Lipinski definition) is 0. The van der Waals surface area contributed by atoms with Crippen molar-refractivity contribution in [1.82, 2.24) is 19.1 Å². The predicted octanol–water partition coefficient (Wildman–Crippen LogP) is 5.58. The fourth-order valence-corrected chi connectivity index (χ4v) is 13.2. The van der Waals surface area contributed by atoms with Gasteiger partial charge in [-0.25, -0.2) is 9.97 Å². The summed E-state index contributed by atoms with van der Waals surface area (Å²) >= 11 is 5.17. The maximum Gasteiger partial charge on any atom is 0.269 e. The number of aromatic nitrogens is 4. The fraction of sp³-hybridized carbons (Fsp3) is 0.381. The summed E-state index contributed by atoms with van der Waals surface area (Å²) in [5.41, 5.74) is 2.40. The second kappa shape index (κ2) is 14.6. The third-order valence-corrected chi connectivity index (χ3v) is 15.9. The van der Waals surface area contributed by atoms with Crippen molar-refractivity contribution in [3.05, 3.63) is 72.4 Å². The van der Waals surface area contributed by atoms with Gasteiger partial charge in [-0.3, -0.25) is 18.7 Å². The van der Waals surface area contributed by atoms with E-state index in [0.29, 0.717) is 53.3 Å². The Morgan fingerprint density at radius 1 is 0.655 bits per heavy atom. The van der Waals surface area contributed by atoms with E-state index in [-0.39, 0.29) is 22.3 Å². The van der Waals surface area contributed by atoms with E-state index >= 15 is 0 Å². The molecule has 2 saturated carbocycles. The van der Waals surface area contributed by atoms with Crippen molar-refractivity contribution in [3.8, 4) is 56.9 Å². The van der Waals surface area contributed by atoms with Crippen LogP contribution in [0.4, 0.5) is 0 Å². The first kappa shape index (κ1) is 37.9. The van der Waals surface area contributed by atoms with E-state index in [2.05, 4.69) is 12.1 Å². The second-order valence-corrected chi connectivity index (χ2v) is 18.9. The van der Waals surface area contributed by atoms with Crippen molar-refractivity contribution in [2.45, 2.75) is 102 Å². The van der Waals surface area contributed by atoms with E-state index in [4.69, 9.17) is 19.4 Å². The molecule has 1 aromatic carbocycles. The molecule has 0 unspecified atom stereocenters. The number of benzene rings is 1. The molecule has 2 aliphatic heterocycles. The molecule has 16 heteroatoms. The molecule has 5 aromatic rings. The van der Waals surface area contributed by atoms with E-state index in [1.807, 2.05) is 38.1 Å². The van der Waals surface area contributed by atoms with E-state index in [9.17, 15) is 30.6 Å². The molecule has 0 radical (unpaired) electrons. The van der Waals surface area contributed by atoms with E-state index in [1.54, 1.807) is 12.2 Å². The van der Waals surface area contributed by atoms with Gasteiger partial charge in [-0.1, -0.05) is 12.8 Å². The largest absolute Gasteiger partial charge is 0.465 e. The van der Waals surface area contributed by atoms with Crippen LogP contribution in [0.3, 0.4) is 0 Å². The summed E-state index contributed by atoms with van der Waals surface area (Å²) in [6, 6.07) is 12.3. The Balaban J connectivity index is 1.24. The number of nitrogens with zero attached hydrogens (tertiary/aromatic N) is 8. The lowest BCUT2D eigenvalue weighted by Gasteiger charge is -2.45. The molecule has 2 spiro atoms. The van der Waals surface area contributed by atoms with E-state index in [1.165, 1.54) is 31.8 Å². The molecule has 4 aliphatic rings. The standard InChI is InChI=1S/C42H34N8O4S4/c1-3-49-37(51)29(55-39(49)23(19-43)20-44)17-31-47-35-33(57-31)25-15-28-26(16-27(25)41(53-35)11-7-5-8-12-41)34-36(54-42(28)13-9-6-10-14-42)48-32(58-34)18-30-38(52)50(4-2)40(56-30)24(21-45)22-46/h15-18H,3-14H2,1-2H3/b29-17+,30-18+. The predicted molar refractivity (Wildman–Crippen MR) is 223 cm³/mol. The average molecular weight is 843 g/mol. The van der Waals surface area contributed by atoms with Crippen LogP contribution in [0, 0.1) is 45.3 Å². The Morgan fingerprint density at radius 3 is 1.38 bits per heavy atom. The van der Waals surface area contributed by atoms with Gasteiger partial charge in [-0.05, 0) is 89.5 Å². The zero-order chi connectivity index (χ0) is 40.3. The van der Waals surface area contributed by atoms with E-state index < -0.39 is 11.2 Å². The first-order chi connectivity index (χ1) is 28.2. The Bertz CT molecular complexity index is 2880. The molecule has 0 amide bonds. The van der Waals surface area contributed by atoms with Crippen LogP contribution in [0.15, 0.2) is 21.7 Å². The molecular weight excluding hydrogens is 809 g/mol. The summed E-state index contributed by atoms with van der Waals surface area (Å²) in [6.45, 7) is 4.28. The molecule has 2 fully saturated rings. The lowest BCUT2D eigenvalue weighted by Crippen LogP contribution is -2.40. The van der Waals surface area contributed by atoms with Crippen LogP contribution in [0.1, 0.15) is 99.2 Å². The lowest BCUT2D eigenvalue weighted by molar-refractivity contribution is 0.0162. The molecular formula is C42H34N8O4S4. The van der Waals surface area contributed by atoms with Gasteiger partial charge in [0, 0.05) is 35.3 Å². The minimum Gasteiger partial charge on any atom is -0.465 e. The molecule has 0 atom stereocenters. The molecule has 2 aliphatic carbocycles. The maximum absolute atomic E-state index is 13.5. The highest BCUT2D eigenvalue weighted by molar-refractivity contribution is 7.17. The van der Waals surface area contributed by atoms with Crippen LogP contribution in [0.25, 0.3) is 44.2 Å². The molecule has 4 aromatic heterocycles. The number of rotatable bonds is 4. The molecule has 290 valence electrons. The number of thiazole rings is 4. The summed E-state index contributed by atoms with van der Waals surface area (Å²) in [6.07, 6.45) is 13.1. The van der Waals surface area contributed by atoms with Gasteiger partial charge in [0.25, 0.3) is 11.1 Å². The minimum absolute atomic E-state index is 0.0971. The molecule has 58 heavy (non-hydrogen) atoms. The lowest BCUT2D eigenvalue weighted by atomic mass is 9.71. The number of ether oxygens (including phenoxy) is 2. The van der Waals surface area contributed by atoms with Crippen molar-refractivity contribution >= 4 is 68.6 Å². The van der Waals surface area contributed by atoms with Gasteiger partial charge in [0.1, 0.15) is 54.8 Å². The Morgan fingerprint density at radius 2 is 1.03 bits per heavy atom.